The molecule has 3 rings (SSSR count). The first-order valence-electron chi connectivity index (χ1n) is 6.91. The first-order chi connectivity index (χ1) is 11.0. The van der Waals surface area contributed by atoms with Crippen LogP contribution in [0.2, 0.25) is 0 Å². The van der Waals surface area contributed by atoms with Crippen LogP contribution in [0, 0.1) is 5.82 Å². The lowest BCUT2D eigenvalue weighted by atomic mass is 10.1. The Hall–Kier alpha value is -1.92. The summed E-state index contributed by atoms with van der Waals surface area (Å²) < 4.78 is 37.5. The molecule has 0 radical (unpaired) electrons. The lowest BCUT2D eigenvalue weighted by Crippen LogP contribution is -1.99. The summed E-state index contributed by atoms with van der Waals surface area (Å²) >= 11 is 1.41. The Morgan fingerprint density at radius 2 is 1.87 bits per heavy atom. The van der Waals surface area contributed by atoms with Gasteiger partial charge in [-0.2, -0.15) is 0 Å². The molecule has 1 aromatic heterocycles. The Labute approximate surface area is 138 Å². The molecule has 0 saturated heterocycles. The van der Waals surface area contributed by atoms with Crippen LogP contribution in [0.5, 0.6) is 0 Å². The summed E-state index contributed by atoms with van der Waals surface area (Å²) in [6.07, 6.45) is 2.82. The molecule has 0 bridgehead atoms. The van der Waals surface area contributed by atoms with Crippen molar-refractivity contribution in [2.45, 2.75) is 15.5 Å². The molecule has 0 atom stereocenters. The van der Waals surface area contributed by atoms with E-state index in [1.165, 1.54) is 24.1 Å². The van der Waals surface area contributed by atoms with Crippen molar-refractivity contribution in [3.05, 3.63) is 66.1 Å². The van der Waals surface area contributed by atoms with Crippen LogP contribution in [0.25, 0.3) is 10.9 Å². The lowest BCUT2D eigenvalue weighted by Gasteiger charge is -2.09. The van der Waals surface area contributed by atoms with Crippen molar-refractivity contribution in [3.63, 3.8) is 0 Å². The van der Waals surface area contributed by atoms with Crippen LogP contribution < -0.4 is 0 Å². The molecule has 3 aromatic rings. The van der Waals surface area contributed by atoms with Crippen LogP contribution in [0.3, 0.4) is 0 Å². The molecule has 0 unspecified atom stereocenters. The first kappa shape index (κ1) is 16.0. The monoisotopic (exact) mass is 347 g/mol. The van der Waals surface area contributed by atoms with E-state index in [4.69, 9.17) is 0 Å². The number of sulfone groups is 1. The van der Waals surface area contributed by atoms with Crippen LogP contribution in [-0.2, 0) is 15.6 Å². The zero-order valence-electron chi connectivity index (χ0n) is 12.4. The average molecular weight is 347 g/mol. The molecule has 3 nitrogen and oxygen atoms in total. The molecule has 0 aliphatic heterocycles. The zero-order chi connectivity index (χ0) is 16.4. The predicted octanol–water partition coefficient (Wildman–Crippen LogP) is 4.07. The van der Waals surface area contributed by atoms with E-state index in [1.807, 2.05) is 0 Å². The second-order valence-electron chi connectivity index (χ2n) is 5.11. The molecule has 2 aromatic carbocycles. The Morgan fingerprint density at radius 1 is 1.09 bits per heavy atom. The molecule has 0 spiro atoms. The van der Waals surface area contributed by atoms with E-state index in [2.05, 4.69) is 4.98 Å². The number of halogens is 1. The number of rotatable bonds is 4. The number of aromatic nitrogens is 1. The second-order valence-corrected chi connectivity index (χ2v) is 8.11. The van der Waals surface area contributed by atoms with E-state index in [-0.39, 0.29) is 5.82 Å². The van der Waals surface area contributed by atoms with Gasteiger partial charge in [0.15, 0.2) is 9.84 Å². The first-order valence-corrected chi connectivity index (χ1v) is 9.78. The molecule has 0 aliphatic carbocycles. The van der Waals surface area contributed by atoms with E-state index in [9.17, 15) is 12.8 Å². The summed E-state index contributed by atoms with van der Waals surface area (Å²) in [4.78, 5) is 5.25. The molecular formula is C17H14FNO2S2. The van der Waals surface area contributed by atoms with Crippen LogP contribution in [0.15, 0.2) is 64.5 Å². The number of hydrogen-bond donors (Lipinski definition) is 0. The summed E-state index contributed by atoms with van der Waals surface area (Å²) in [7, 11) is -3.28. The van der Waals surface area contributed by atoms with Crippen molar-refractivity contribution in [1.29, 1.82) is 0 Å². The Bertz CT molecular complexity index is 971. The van der Waals surface area contributed by atoms with Crippen LogP contribution in [-0.4, -0.2) is 19.7 Å². The third-order valence-corrected chi connectivity index (χ3v) is 5.84. The Kier molecular flexibility index (Phi) is 4.37. The molecule has 0 amide bonds. The number of thioether (sulfide) groups is 1. The summed E-state index contributed by atoms with van der Waals surface area (Å²) in [5.41, 5.74) is 1.48. The van der Waals surface area contributed by atoms with Crippen LogP contribution in [0.1, 0.15) is 5.56 Å². The summed E-state index contributed by atoms with van der Waals surface area (Å²) in [5, 5.41) is 0.474. The van der Waals surface area contributed by atoms with Crippen molar-refractivity contribution in [3.8, 4) is 0 Å². The van der Waals surface area contributed by atoms with Gasteiger partial charge in [-0.25, -0.2) is 12.8 Å². The van der Waals surface area contributed by atoms with Gasteiger partial charge in [-0.1, -0.05) is 18.2 Å². The van der Waals surface area contributed by atoms with Gasteiger partial charge < -0.3 is 0 Å². The molecule has 23 heavy (non-hydrogen) atoms. The van der Waals surface area contributed by atoms with E-state index >= 15 is 0 Å². The molecule has 1 heterocycles. The topological polar surface area (TPSA) is 47.0 Å². The number of fused-ring (bicyclic) bond motifs is 1. The van der Waals surface area contributed by atoms with Gasteiger partial charge in [-0.3, -0.25) is 4.98 Å². The van der Waals surface area contributed by atoms with Gasteiger partial charge in [0.2, 0.25) is 0 Å². The molecule has 0 aliphatic rings. The zero-order valence-corrected chi connectivity index (χ0v) is 14.0. The van der Waals surface area contributed by atoms with Crippen molar-refractivity contribution in [2.24, 2.45) is 0 Å². The largest absolute Gasteiger partial charge is 0.256 e. The van der Waals surface area contributed by atoms with Crippen LogP contribution in [0.4, 0.5) is 4.39 Å². The molecule has 0 fully saturated rings. The average Bonchev–Trinajstić information content (AvgIpc) is 2.54. The van der Waals surface area contributed by atoms with Gasteiger partial charge in [0.05, 0.1) is 10.4 Å². The van der Waals surface area contributed by atoms with E-state index in [0.717, 1.165) is 5.56 Å². The molecular weight excluding hydrogens is 333 g/mol. The molecule has 118 valence electrons. The number of hydrogen-bond acceptors (Lipinski definition) is 4. The van der Waals surface area contributed by atoms with Crippen molar-refractivity contribution < 1.29 is 12.8 Å². The normalized spacial score (nSPS) is 11.7. The highest BCUT2D eigenvalue weighted by Gasteiger charge is 2.14. The van der Waals surface area contributed by atoms with Crippen molar-refractivity contribution >= 4 is 32.5 Å². The number of benzene rings is 2. The minimum absolute atomic E-state index is 0.307. The highest BCUT2D eigenvalue weighted by molar-refractivity contribution is 7.99. The van der Waals surface area contributed by atoms with Gasteiger partial charge in [0, 0.05) is 28.5 Å². The Balaban J connectivity index is 1.96. The van der Waals surface area contributed by atoms with E-state index in [1.54, 1.807) is 48.7 Å². The lowest BCUT2D eigenvalue weighted by molar-refractivity contribution is 0.600. The molecule has 6 heteroatoms. The maximum atomic E-state index is 13.8. The maximum Gasteiger partial charge on any atom is 0.176 e. The predicted molar refractivity (Wildman–Crippen MR) is 90.8 cm³/mol. The second kappa shape index (κ2) is 6.29. The highest BCUT2D eigenvalue weighted by atomic mass is 32.2. The summed E-state index contributed by atoms with van der Waals surface area (Å²) in [6.45, 7) is 0. The van der Waals surface area contributed by atoms with E-state index in [0.29, 0.717) is 26.4 Å². The standard InChI is InChI=1S/C17H14FNO2S2/c1-23(20,21)16-7-3-2-6-15(16)22-11-12-8-9-14(18)13-5-4-10-19-17(12)13/h2-10H,11H2,1H3. The van der Waals surface area contributed by atoms with Gasteiger partial charge in [0.25, 0.3) is 0 Å². The maximum absolute atomic E-state index is 13.8. The fourth-order valence-electron chi connectivity index (χ4n) is 2.34. The van der Waals surface area contributed by atoms with Crippen LogP contribution >= 0.6 is 11.8 Å². The summed E-state index contributed by atoms with van der Waals surface area (Å²) in [5.74, 6) is 0.207. The van der Waals surface area contributed by atoms with Crippen molar-refractivity contribution in [2.75, 3.05) is 6.26 Å². The third-order valence-electron chi connectivity index (χ3n) is 3.43. The minimum Gasteiger partial charge on any atom is -0.256 e. The van der Waals surface area contributed by atoms with Crippen molar-refractivity contribution in [1.82, 2.24) is 4.98 Å². The fraction of sp³-hybridized carbons (Fsp3) is 0.118. The SMILES string of the molecule is CS(=O)(=O)c1ccccc1SCc1ccc(F)c2cccnc12. The van der Waals surface area contributed by atoms with E-state index < -0.39 is 9.84 Å². The summed E-state index contributed by atoms with van der Waals surface area (Å²) in [6, 6.07) is 13.4. The highest BCUT2D eigenvalue weighted by Crippen LogP contribution is 2.31. The van der Waals surface area contributed by atoms with Gasteiger partial charge in [0.1, 0.15) is 5.82 Å². The van der Waals surface area contributed by atoms with Gasteiger partial charge in [-0.15, -0.1) is 11.8 Å². The molecule has 0 N–H and O–H groups in total. The smallest absolute Gasteiger partial charge is 0.176 e. The number of pyridine rings is 1. The molecule has 0 saturated carbocycles. The quantitative estimate of drug-likeness (QED) is 0.668. The van der Waals surface area contributed by atoms with Gasteiger partial charge >= 0.3 is 0 Å². The van der Waals surface area contributed by atoms with Gasteiger partial charge in [-0.05, 0) is 35.9 Å². The third kappa shape index (κ3) is 3.38. The fourth-order valence-corrected chi connectivity index (χ4v) is 4.66. The number of nitrogens with zero attached hydrogens (tertiary/aromatic N) is 1. The minimum atomic E-state index is -3.28. The Morgan fingerprint density at radius 3 is 2.65 bits per heavy atom.